The number of aliphatic carboxylic acids is 1. The number of nitrogens with one attached hydrogen (secondary N) is 1. The summed E-state index contributed by atoms with van der Waals surface area (Å²) < 4.78 is 1.71. The summed E-state index contributed by atoms with van der Waals surface area (Å²) >= 11 is 0. The van der Waals surface area contributed by atoms with Crippen molar-refractivity contribution < 1.29 is 9.90 Å². The minimum absolute atomic E-state index is 0.318. The molecule has 0 aliphatic rings. The quantitative estimate of drug-likeness (QED) is 0.763. The van der Waals surface area contributed by atoms with Crippen LogP contribution in [-0.4, -0.2) is 33.4 Å². The lowest BCUT2D eigenvalue weighted by Gasteiger charge is -2.24. The van der Waals surface area contributed by atoms with Crippen LogP contribution in [-0.2, 0) is 11.3 Å². The molecule has 2 N–H and O–H groups in total. The zero-order chi connectivity index (χ0) is 11.6. The van der Waals surface area contributed by atoms with Crippen LogP contribution in [0.25, 0.3) is 0 Å². The molecule has 1 aromatic heterocycles. The van der Waals surface area contributed by atoms with Crippen LogP contribution in [0.5, 0.6) is 0 Å². The van der Waals surface area contributed by atoms with Crippen molar-refractivity contribution in [3.8, 4) is 0 Å². The molecule has 0 aromatic carbocycles. The van der Waals surface area contributed by atoms with Crippen LogP contribution in [0, 0.1) is 13.8 Å². The van der Waals surface area contributed by atoms with Gasteiger partial charge >= 0.3 is 5.97 Å². The summed E-state index contributed by atoms with van der Waals surface area (Å²) in [5.41, 5.74) is 0.884. The zero-order valence-corrected chi connectivity index (χ0v) is 9.53. The van der Waals surface area contributed by atoms with Crippen molar-refractivity contribution in [3.05, 3.63) is 17.5 Å². The minimum Gasteiger partial charge on any atom is -0.480 e. The Labute approximate surface area is 89.1 Å². The second kappa shape index (κ2) is 4.02. The van der Waals surface area contributed by atoms with Gasteiger partial charge < -0.3 is 10.4 Å². The highest BCUT2D eigenvalue weighted by molar-refractivity contribution is 5.78. The largest absolute Gasteiger partial charge is 0.480 e. The molecule has 0 saturated carbocycles. The van der Waals surface area contributed by atoms with Crippen molar-refractivity contribution in [2.75, 3.05) is 7.05 Å². The first-order chi connectivity index (χ1) is 6.89. The topological polar surface area (TPSA) is 67.2 Å². The normalized spacial score (nSPS) is 14.9. The van der Waals surface area contributed by atoms with Gasteiger partial charge in [-0.2, -0.15) is 5.10 Å². The number of hydrogen-bond donors (Lipinski definition) is 2. The third-order valence-electron chi connectivity index (χ3n) is 2.59. The maximum Gasteiger partial charge on any atom is 0.325 e. The van der Waals surface area contributed by atoms with Gasteiger partial charge in [0.1, 0.15) is 5.54 Å². The highest BCUT2D eigenvalue weighted by Crippen LogP contribution is 2.10. The summed E-state index contributed by atoms with van der Waals surface area (Å²) in [7, 11) is 1.64. The fourth-order valence-corrected chi connectivity index (χ4v) is 1.39. The second-order valence-electron chi connectivity index (χ2n) is 3.97. The highest BCUT2D eigenvalue weighted by atomic mass is 16.4. The predicted octanol–water partition coefficient (Wildman–Crippen LogP) is 0.563. The van der Waals surface area contributed by atoms with Crippen LogP contribution in [0.4, 0.5) is 0 Å². The summed E-state index contributed by atoms with van der Waals surface area (Å²) in [6.45, 7) is 5.77. The lowest BCUT2D eigenvalue weighted by Crippen LogP contribution is -2.51. The summed E-state index contributed by atoms with van der Waals surface area (Å²) in [6, 6.07) is 1.93. The number of carboxylic acid groups (broad SMARTS) is 1. The molecule has 84 valence electrons. The fraction of sp³-hybridized carbons (Fsp3) is 0.600. The van der Waals surface area contributed by atoms with E-state index in [1.54, 1.807) is 18.7 Å². The highest BCUT2D eigenvalue weighted by Gasteiger charge is 2.32. The zero-order valence-electron chi connectivity index (χ0n) is 9.53. The molecule has 1 unspecified atom stereocenters. The number of rotatable bonds is 4. The van der Waals surface area contributed by atoms with Gasteiger partial charge in [0.15, 0.2) is 0 Å². The first-order valence-electron chi connectivity index (χ1n) is 4.82. The Hall–Kier alpha value is -1.36. The Kier molecular flexibility index (Phi) is 3.14. The van der Waals surface area contributed by atoms with Crippen molar-refractivity contribution in [1.29, 1.82) is 0 Å². The Bertz CT molecular complexity index is 373. The van der Waals surface area contributed by atoms with Gasteiger partial charge in [0.25, 0.3) is 0 Å². The molecule has 0 amide bonds. The number of carbonyl (C=O) groups is 1. The number of likely N-dealkylation sites (N-methyl/N-ethyl adjacent to an activating group) is 1. The van der Waals surface area contributed by atoms with E-state index in [1.165, 1.54) is 0 Å². The maximum absolute atomic E-state index is 11.1. The van der Waals surface area contributed by atoms with Crippen LogP contribution in [0.2, 0.25) is 0 Å². The lowest BCUT2D eigenvalue weighted by molar-refractivity contribution is -0.144. The van der Waals surface area contributed by atoms with Gasteiger partial charge in [-0.05, 0) is 33.9 Å². The summed E-state index contributed by atoms with van der Waals surface area (Å²) in [4.78, 5) is 11.1. The Morgan fingerprint density at radius 1 is 1.67 bits per heavy atom. The van der Waals surface area contributed by atoms with Gasteiger partial charge in [-0.15, -0.1) is 0 Å². The molecule has 1 rings (SSSR count). The maximum atomic E-state index is 11.1. The van der Waals surface area contributed by atoms with Gasteiger partial charge in [0.2, 0.25) is 0 Å². The molecule has 1 heterocycles. The van der Waals surface area contributed by atoms with Crippen molar-refractivity contribution in [1.82, 2.24) is 15.1 Å². The van der Waals surface area contributed by atoms with Gasteiger partial charge in [0.05, 0.1) is 12.2 Å². The fourth-order valence-electron chi connectivity index (χ4n) is 1.39. The first kappa shape index (κ1) is 11.7. The standard InChI is InChI=1S/C10H17N3O2/c1-7-5-8(2)13(12-7)6-10(3,11-4)9(14)15/h5,11H,6H2,1-4H3,(H,14,15). The number of hydrogen-bond acceptors (Lipinski definition) is 3. The van der Waals surface area contributed by atoms with Crippen LogP contribution < -0.4 is 5.32 Å². The number of aryl methyl sites for hydroxylation is 2. The van der Waals surface area contributed by atoms with Crippen molar-refractivity contribution in [2.24, 2.45) is 0 Å². The van der Waals surface area contributed by atoms with E-state index >= 15 is 0 Å². The molecular formula is C10H17N3O2. The average Bonchev–Trinajstić information content (AvgIpc) is 2.44. The minimum atomic E-state index is -0.983. The molecular weight excluding hydrogens is 194 g/mol. The summed E-state index contributed by atoms with van der Waals surface area (Å²) in [5.74, 6) is -0.877. The van der Waals surface area contributed by atoms with Gasteiger partial charge in [-0.3, -0.25) is 9.48 Å². The van der Waals surface area contributed by atoms with E-state index in [4.69, 9.17) is 5.11 Å². The monoisotopic (exact) mass is 211 g/mol. The molecule has 0 saturated heterocycles. The van der Waals surface area contributed by atoms with Gasteiger partial charge in [0, 0.05) is 5.69 Å². The van der Waals surface area contributed by atoms with E-state index in [9.17, 15) is 4.79 Å². The number of carboxylic acids is 1. The smallest absolute Gasteiger partial charge is 0.325 e. The van der Waals surface area contributed by atoms with Crippen LogP contribution in [0.15, 0.2) is 6.07 Å². The average molecular weight is 211 g/mol. The van der Waals surface area contributed by atoms with Gasteiger partial charge in [-0.1, -0.05) is 0 Å². The lowest BCUT2D eigenvalue weighted by atomic mass is 10.0. The number of nitrogens with zero attached hydrogens (tertiary/aromatic N) is 2. The Balaban J connectivity index is 2.93. The Morgan fingerprint density at radius 3 is 2.60 bits per heavy atom. The molecule has 0 radical (unpaired) electrons. The van der Waals surface area contributed by atoms with Gasteiger partial charge in [-0.25, -0.2) is 0 Å². The van der Waals surface area contributed by atoms with E-state index in [2.05, 4.69) is 10.4 Å². The molecule has 15 heavy (non-hydrogen) atoms. The third kappa shape index (κ3) is 2.36. The number of aromatic nitrogens is 2. The molecule has 0 fully saturated rings. The molecule has 0 spiro atoms. The molecule has 1 aromatic rings. The first-order valence-corrected chi connectivity index (χ1v) is 4.82. The van der Waals surface area contributed by atoms with E-state index in [1.807, 2.05) is 19.9 Å². The van der Waals surface area contributed by atoms with Crippen molar-refractivity contribution >= 4 is 5.97 Å². The molecule has 5 heteroatoms. The SMILES string of the molecule is CNC(C)(Cn1nc(C)cc1C)C(=O)O. The molecule has 0 bridgehead atoms. The molecule has 1 atom stereocenters. The molecule has 0 aliphatic carbocycles. The second-order valence-corrected chi connectivity index (χ2v) is 3.97. The van der Waals surface area contributed by atoms with E-state index in [-0.39, 0.29) is 0 Å². The molecule has 5 nitrogen and oxygen atoms in total. The summed E-state index contributed by atoms with van der Waals surface area (Å²) in [5, 5.41) is 16.1. The third-order valence-corrected chi connectivity index (χ3v) is 2.59. The molecule has 0 aliphatic heterocycles. The van der Waals surface area contributed by atoms with Crippen LogP contribution in [0.3, 0.4) is 0 Å². The summed E-state index contributed by atoms with van der Waals surface area (Å²) in [6.07, 6.45) is 0. The van der Waals surface area contributed by atoms with E-state index in [0.717, 1.165) is 11.4 Å². The van der Waals surface area contributed by atoms with Crippen molar-refractivity contribution in [3.63, 3.8) is 0 Å². The van der Waals surface area contributed by atoms with E-state index in [0.29, 0.717) is 6.54 Å². The van der Waals surface area contributed by atoms with Crippen LogP contribution in [0.1, 0.15) is 18.3 Å². The van der Waals surface area contributed by atoms with Crippen molar-refractivity contribution in [2.45, 2.75) is 32.9 Å². The van der Waals surface area contributed by atoms with Crippen LogP contribution >= 0.6 is 0 Å². The van der Waals surface area contributed by atoms with E-state index < -0.39 is 11.5 Å². The predicted molar refractivity (Wildman–Crippen MR) is 56.8 cm³/mol. The Morgan fingerprint density at radius 2 is 2.27 bits per heavy atom.